The molecular weight excluding hydrogens is 238 g/mol. The maximum absolute atomic E-state index is 5.84. The van der Waals surface area contributed by atoms with Gasteiger partial charge >= 0.3 is 0 Å². The summed E-state index contributed by atoms with van der Waals surface area (Å²) in [6, 6.07) is 2.04. The summed E-state index contributed by atoms with van der Waals surface area (Å²) < 4.78 is 5.84. The molecule has 1 aromatic rings. The van der Waals surface area contributed by atoms with Crippen molar-refractivity contribution < 1.29 is 4.74 Å². The van der Waals surface area contributed by atoms with E-state index in [2.05, 4.69) is 19.2 Å². The number of aromatic nitrogens is 2. The average molecular weight is 263 g/mol. The fourth-order valence-corrected chi connectivity index (χ4v) is 2.80. The van der Waals surface area contributed by atoms with Gasteiger partial charge in [0, 0.05) is 25.4 Å². The van der Waals surface area contributed by atoms with Gasteiger partial charge in [0.15, 0.2) is 5.82 Å². The lowest BCUT2D eigenvalue weighted by atomic mass is 9.84. The molecule has 1 aromatic heterocycles. The third kappa shape index (κ3) is 3.06. The minimum absolute atomic E-state index is 0.270. The van der Waals surface area contributed by atoms with Crippen molar-refractivity contribution in [3.8, 4) is 0 Å². The van der Waals surface area contributed by atoms with Crippen LogP contribution in [0.25, 0.3) is 0 Å². The van der Waals surface area contributed by atoms with E-state index in [4.69, 9.17) is 14.7 Å². The molecule has 0 atom stereocenters. The van der Waals surface area contributed by atoms with Crippen LogP contribution in [0.2, 0.25) is 0 Å². The highest BCUT2D eigenvalue weighted by atomic mass is 16.5. The Morgan fingerprint density at radius 2 is 1.95 bits per heavy atom. The molecule has 0 amide bonds. The average Bonchev–Trinajstić information content (AvgIpc) is 2.48. The van der Waals surface area contributed by atoms with Crippen molar-refractivity contribution in [1.82, 2.24) is 9.97 Å². The van der Waals surface area contributed by atoms with Gasteiger partial charge in [-0.3, -0.25) is 0 Å². The molecule has 0 saturated heterocycles. The predicted molar refractivity (Wildman–Crippen MR) is 77.3 cm³/mol. The lowest BCUT2D eigenvalue weighted by Crippen LogP contribution is -2.33. The number of ether oxygens (including phenoxy) is 1. The van der Waals surface area contributed by atoms with Crippen molar-refractivity contribution in [3.05, 3.63) is 17.6 Å². The first-order chi connectivity index (χ1) is 9.24. The Kier molecular flexibility index (Phi) is 4.75. The van der Waals surface area contributed by atoms with Crippen LogP contribution in [0.4, 0.5) is 5.82 Å². The van der Waals surface area contributed by atoms with E-state index in [1.807, 2.05) is 6.07 Å². The predicted octanol–water partition coefficient (Wildman–Crippen LogP) is 3.28. The second-order valence-corrected chi connectivity index (χ2v) is 5.21. The van der Waals surface area contributed by atoms with Gasteiger partial charge < -0.3 is 10.1 Å². The molecule has 106 valence electrons. The molecule has 1 aliphatic carbocycles. The number of aryl methyl sites for hydroxylation is 1. The number of methoxy groups -OCH3 is 1. The van der Waals surface area contributed by atoms with Gasteiger partial charge in [-0.25, -0.2) is 9.97 Å². The molecule has 0 aliphatic heterocycles. The van der Waals surface area contributed by atoms with Gasteiger partial charge in [0.05, 0.1) is 0 Å². The minimum atomic E-state index is -0.270. The van der Waals surface area contributed by atoms with Crippen LogP contribution < -0.4 is 5.32 Å². The first-order valence-electron chi connectivity index (χ1n) is 7.41. The minimum Gasteiger partial charge on any atom is -0.370 e. The van der Waals surface area contributed by atoms with E-state index in [0.717, 1.165) is 43.1 Å². The Labute approximate surface area is 116 Å². The highest BCUT2D eigenvalue weighted by Gasteiger charge is 2.37. The second-order valence-electron chi connectivity index (χ2n) is 5.21. The maximum atomic E-state index is 5.84. The quantitative estimate of drug-likeness (QED) is 0.885. The van der Waals surface area contributed by atoms with Crippen LogP contribution in [0.15, 0.2) is 6.07 Å². The Bertz CT molecular complexity index is 414. The number of nitrogens with one attached hydrogen (secondary N) is 1. The molecule has 0 aromatic carbocycles. The molecule has 4 heteroatoms. The van der Waals surface area contributed by atoms with Crippen LogP contribution in [0, 0.1) is 0 Å². The molecule has 1 fully saturated rings. The lowest BCUT2D eigenvalue weighted by molar-refractivity contribution is -0.0515. The summed E-state index contributed by atoms with van der Waals surface area (Å²) in [6.07, 6.45) is 6.67. The number of rotatable bonds is 5. The van der Waals surface area contributed by atoms with Crippen molar-refractivity contribution in [3.63, 3.8) is 0 Å². The Balaban J connectivity index is 2.37. The van der Waals surface area contributed by atoms with E-state index in [-0.39, 0.29) is 5.60 Å². The molecule has 19 heavy (non-hydrogen) atoms. The van der Waals surface area contributed by atoms with E-state index >= 15 is 0 Å². The summed E-state index contributed by atoms with van der Waals surface area (Å²) in [6.45, 7) is 5.09. The van der Waals surface area contributed by atoms with E-state index in [1.165, 1.54) is 19.3 Å². The summed E-state index contributed by atoms with van der Waals surface area (Å²) in [5.41, 5.74) is 0.816. The Morgan fingerprint density at radius 1 is 1.21 bits per heavy atom. The van der Waals surface area contributed by atoms with Crippen molar-refractivity contribution in [1.29, 1.82) is 0 Å². The van der Waals surface area contributed by atoms with E-state index in [0.29, 0.717) is 0 Å². The molecule has 0 unspecified atom stereocenters. The molecule has 1 saturated carbocycles. The largest absolute Gasteiger partial charge is 0.370 e. The van der Waals surface area contributed by atoms with Gasteiger partial charge in [0.1, 0.15) is 11.4 Å². The number of nitrogens with zero attached hydrogens (tertiary/aromatic N) is 2. The zero-order valence-electron chi connectivity index (χ0n) is 12.3. The van der Waals surface area contributed by atoms with Crippen LogP contribution in [0.5, 0.6) is 0 Å². The zero-order chi connectivity index (χ0) is 13.7. The molecular formula is C15H25N3O. The van der Waals surface area contributed by atoms with Gasteiger partial charge in [-0.1, -0.05) is 26.2 Å². The van der Waals surface area contributed by atoms with E-state index < -0.39 is 0 Å². The van der Waals surface area contributed by atoms with Crippen LogP contribution in [-0.2, 0) is 16.8 Å². The summed E-state index contributed by atoms with van der Waals surface area (Å²) >= 11 is 0. The SMILES string of the molecule is CCNc1cc(CC)nc(C2(OC)CCCCC2)n1. The maximum Gasteiger partial charge on any atom is 0.162 e. The van der Waals surface area contributed by atoms with Crippen LogP contribution in [-0.4, -0.2) is 23.6 Å². The van der Waals surface area contributed by atoms with Gasteiger partial charge in [-0.15, -0.1) is 0 Å². The summed E-state index contributed by atoms with van der Waals surface area (Å²) in [7, 11) is 1.79. The molecule has 0 bridgehead atoms. The first-order valence-corrected chi connectivity index (χ1v) is 7.41. The van der Waals surface area contributed by atoms with Crippen LogP contribution >= 0.6 is 0 Å². The smallest absolute Gasteiger partial charge is 0.162 e. The standard InChI is InChI=1S/C15H25N3O/c1-4-12-11-13(16-5-2)18-14(17-12)15(19-3)9-7-6-8-10-15/h11H,4-10H2,1-3H3,(H,16,17,18). The number of hydrogen-bond acceptors (Lipinski definition) is 4. The first kappa shape index (κ1) is 14.3. The zero-order valence-corrected chi connectivity index (χ0v) is 12.3. The monoisotopic (exact) mass is 263 g/mol. The third-order valence-electron chi connectivity index (χ3n) is 3.96. The van der Waals surface area contributed by atoms with Gasteiger partial charge in [-0.05, 0) is 26.2 Å². The summed E-state index contributed by atoms with van der Waals surface area (Å²) in [4.78, 5) is 9.42. The highest BCUT2D eigenvalue weighted by molar-refractivity contribution is 5.37. The van der Waals surface area contributed by atoms with Gasteiger partial charge in [0.25, 0.3) is 0 Å². The van der Waals surface area contributed by atoms with Crippen molar-refractivity contribution in [2.75, 3.05) is 19.0 Å². The third-order valence-corrected chi connectivity index (χ3v) is 3.96. The molecule has 1 heterocycles. The second kappa shape index (κ2) is 6.33. The highest BCUT2D eigenvalue weighted by Crippen LogP contribution is 2.38. The lowest BCUT2D eigenvalue weighted by Gasteiger charge is -2.34. The van der Waals surface area contributed by atoms with E-state index in [1.54, 1.807) is 7.11 Å². The normalized spacial score (nSPS) is 18.3. The fourth-order valence-electron chi connectivity index (χ4n) is 2.80. The van der Waals surface area contributed by atoms with E-state index in [9.17, 15) is 0 Å². The van der Waals surface area contributed by atoms with Crippen LogP contribution in [0.1, 0.15) is 57.5 Å². The van der Waals surface area contributed by atoms with Crippen molar-refractivity contribution >= 4 is 5.82 Å². The molecule has 0 spiro atoms. The number of hydrogen-bond donors (Lipinski definition) is 1. The molecule has 0 radical (unpaired) electrons. The Hall–Kier alpha value is -1.16. The van der Waals surface area contributed by atoms with Crippen molar-refractivity contribution in [2.45, 2.75) is 58.0 Å². The molecule has 1 N–H and O–H groups in total. The summed E-state index contributed by atoms with van der Waals surface area (Å²) in [5, 5.41) is 3.30. The van der Waals surface area contributed by atoms with Gasteiger partial charge in [-0.2, -0.15) is 0 Å². The Morgan fingerprint density at radius 3 is 2.53 bits per heavy atom. The molecule has 1 aliphatic rings. The fraction of sp³-hybridized carbons (Fsp3) is 0.733. The molecule has 2 rings (SSSR count). The van der Waals surface area contributed by atoms with Crippen molar-refractivity contribution in [2.24, 2.45) is 0 Å². The van der Waals surface area contributed by atoms with Crippen LogP contribution in [0.3, 0.4) is 0 Å². The topological polar surface area (TPSA) is 47.0 Å². The van der Waals surface area contributed by atoms with Gasteiger partial charge in [0.2, 0.25) is 0 Å². The summed E-state index contributed by atoms with van der Waals surface area (Å²) in [5.74, 6) is 1.79. The number of anilines is 1. The molecule has 4 nitrogen and oxygen atoms in total.